The molecule has 7 atom stereocenters. The number of carbonyl (C=O) groups is 7. The lowest BCUT2D eigenvalue weighted by Gasteiger charge is -2.42. The highest BCUT2D eigenvalue weighted by molar-refractivity contribution is 6.31. The number of nitrogens with one attached hydrogen (secondary N) is 1. The van der Waals surface area contributed by atoms with Crippen LogP contribution in [0.4, 0.5) is 4.79 Å². The SMILES string of the molecule is COCCOCC(CO/C=C\OOOOOOOOOOOCCOC)(COC(=O)N[C@@H]1C[C@@H](O[C@@H]2C[C@@](O)(C(=O)CO)Cc3c(O)c4c(c(O)c32)C(=O)c2c(OC)cccc2C4=O)O[C@H](C)[C@@H]1O)CC(=O)CCCCCN1C(=O)C=CC1=O. The van der Waals surface area contributed by atoms with Crippen LogP contribution in [0.3, 0.4) is 0 Å². The second-order valence-electron chi connectivity index (χ2n) is 19.2. The number of phenols is 2. The van der Waals surface area contributed by atoms with Gasteiger partial charge in [-0.2, -0.15) is 0 Å². The number of aliphatic hydroxyl groups is 3. The van der Waals surface area contributed by atoms with E-state index in [1.165, 1.54) is 58.6 Å². The molecule has 464 valence electrons. The topological polar surface area (TPSA) is 411 Å². The Morgan fingerprint density at radius 2 is 1.49 bits per heavy atom. The molecule has 2 heterocycles. The Morgan fingerprint density at radius 3 is 2.18 bits per heavy atom. The summed E-state index contributed by atoms with van der Waals surface area (Å²) >= 11 is 0. The summed E-state index contributed by atoms with van der Waals surface area (Å²) in [6.45, 7) is -0.568. The number of rotatable bonds is 38. The average molecular weight is 1200 g/mol. The number of phenolic OH excluding ortho intramolecular Hbond substituents is 2. The number of benzene rings is 2. The van der Waals surface area contributed by atoms with Crippen molar-refractivity contribution in [2.45, 2.75) is 94.5 Å². The number of ether oxygens (including phenoxy) is 8. The summed E-state index contributed by atoms with van der Waals surface area (Å²) in [4.78, 5) is 103. The molecule has 2 aromatic rings. The first-order valence-corrected chi connectivity index (χ1v) is 25.7. The Hall–Kier alpha value is -6.71. The predicted molar refractivity (Wildman–Crippen MR) is 265 cm³/mol. The maximum Gasteiger partial charge on any atom is 0.407 e. The van der Waals surface area contributed by atoms with E-state index in [9.17, 15) is 59.1 Å². The highest BCUT2D eigenvalue weighted by Gasteiger charge is 2.51. The van der Waals surface area contributed by atoms with Crippen molar-refractivity contribution < 1.29 is 152 Å². The van der Waals surface area contributed by atoms with E-state index in [2.05, 4.69) is 60.4 Å². The number of ketones is 4. The molecule has 0 bridgehead atoms. The molecule has 1 unspecified atom stereocenters. The molecule has 0 radical (unpaired) electrons. The number of unbranched alkanes of at least 4 members (excludes halogenated alkanes) is 2. The van der Waals surface area contributed by atoms with Crippen molar-refractivity contribution in [3.8, 4) is 17.2 Å². The second kappa shape index (κ2) is 32.5. The van der Waals surface area contributed by atoms with Gasteiger partial charge < -0.3 is 73.6 Å². The van der Waals surface area contributed by atoms with Crippen molar-refractivity contribution in [3.63, 3.8) is 0 Å². The van der Waals surface area contributed by atoms with Crippen molar-refractivity contribution in [2.75, 3.05) is 80.7 Å². The van der Waals surface area contributed by atoms with Gasteiger partial charge in [-0.1, -0.05) is 18.6 Å². The van der Waals surface area contributed by atoms with E-state index in [0.29, 0.717) is 19.3 Å². The first kappa shape index (κ1) is 66.4. The lowest BCUT2D eigenvalue weighted by atomic mass is 9.72. The fraction of sp³-hybridized carbons (Fsp3) is 0.549. The zero-order chi connectivity index (χ0) is 60.8. The van der Waals surface area contributed by atoms with E-state index < -0.39 is 132 Å². The molecule has 0 spiro atoms. The fourth-order valence-corrected chi connectivity index (χ4v) is 9.48. The van der Waals surface area contributed by atoms with Crippen molar-refractivity contribution >= 4 is 41.0 Å². The standard InChI is InChI=1S/C51H64N2O31/c1-29-44(59)33(21-39(74-29)75-35-24-51(65,36(56)25-54)23-32-41(35)48(63)43-42(46(32)61)45(60)31-10-8-11-34(68-4)40(31)47(43)62)52-49(64)71-28-50(26-69-17-15-66-2,22-30(55)9-6-5-7-14-53-37(57)12-13-38(53)58)27-70-18-20-73-77-79-81-83-84-82-80-78-76-72-19-16-67-3/h8,10-13,18,20,29,33,35,39,44,54,59,61,63,65H,5-7,9,14-17,19,21-28H2,1-4H3,(H,52,64)/b20-18-/t29-,33-,35-,39-,44+,50?,51-/m1/s1. The minimum atomic E-state index is -2.47. The van der Waals surface area contributed by atoms with Gasteiger partial charge in [0.15, 0.2) is 24.1 Å². The first-order chi connectivity index (χ1) is 40.4. The van der Waals surface area contributed by atoms with E-state index in [1.807, 2.05) is 0 Å². The highest BCUT2D eigenvalue weighted by Crippen LogP contribution is 2.52. The van der Waals surface area contributed by atoms with Gasteiger partial charge in [-0.25, -0.2) is 9.68 Å². The zero-order valence-electron chi connectivity index (χ0n) is 45.7. The summed E-state index contributed by atoms with van der Waals surface area (Å²) in [6, 6.07) is 2.93. The van der Waals surface area contributed by atoms with Crippen LogP contribution in [-0.4, -0.2) is 182 Å². The van der Waals surface area contributed by atoms with E-state index in [-0.39, 0.29) is 92.6 Å². The van der Waals surface area contributed by atoms with E-state index >= 15 is 0 Å². The largest absolute Gasteiger partial charge is 0.507 e. The van der Waals surface area contributed by atoms with Crippen molar-refractivity contribution in [1.29, 1.82) is 0 Å². The maximum absolute atomic E-state index is 14.2. The lowest BCUT2D eigenvalue weighted by molar-refractivity contribution is -0.853. The van der Waals surface area contributed by atoms with E-state index in [0.717, 1.165) is 17.4 Å². The van der Waals surface area contributed by atoms with Gasteiger partial charge in [0, 0.05) is 107 Å². The van der Waals surface area contributed by atoms with Crippen LogP contribution in [0.5, 0.6) is 17.2 Å². The van der Waals surface area contributed by atoms with Gasteiger partial charge in [0.05, 0.1) is 80.5 Å². The molecule has 3 amide bonds. The first-order valence-electron chi connectivity index (χ1n) is 25.7. The minimum Gasteiger partial charge on any atom is -0.507 e. The number of methoxy groups -OCH3 is 3. The lowest BCUT2D eigenvalue weighted by Crippen LogP contribution is -2.56. The van der Waals surface area contributed by atoms with Gasteiger partial charge in [0.2, 0.25) is 5.78 Å². The molecule has 0 aromatic heterocycles. The fourth-order valence-electron chi connectivity index (χ4n) is 9.48. The van der Waals surface area contributed by atoms with Crippen LogP contribution in [-0.2, 0) is 114 Å². The number of nitrogens with zero attached hydrogens (tertiary/aromatic N) is 1. The quantitative estimate of drug-likeness (QED) is 0.0118. The van der Waals surface area contributed by atoms with Crippen LogP contribution in [0.15, 0.2) is 42.9 Å². The van der Waals surface area contributed by atoms with Crippen LogP contribution in [0, 0.1) is 5.41 Å². The molecule has 4 aliphatic rings. The molecular weight excluding hydrogens is 1140 g/mol. The molecule has 33 nitrogen and oxygen atoms in total. The zero-order valence-corrected chi connectivity index (χ0v) is 45.7. The Labute approximate surface area is 476 Å². The minimum absolute atomic E-state index is 0.00393. The summed E-state index contributed by atoms with van der Waals surface area (Å²) in [6.07, 6.45) is -3.67. The number of aliphatic hydroxyl groups excluding tert-OH is 2. The molecule has 84 heavy (non-hydrogen) atoms. The van der Waals surface area contributed by atoms with Gasteiger partial charge >= 0.3 is 6.09 Å². The van der Waals surface area contributed by atoms with E-state index in [1.54, 1.807) is 0 Å². The number of imide groups is 1. The normalized spacial score (nSPS) is 21.7. The molecule has 0 saturated carbocycles. The van der Waals surface area contributed by atoms with Gasteiger partial charge in [0.25, 0.3) is 11.8 Å². The van der Waals surface area contributed by atoms with Gasteiger partial charge in [-0.05, 0) is 46.0 Å². The molecule has 2 aliphatic carbocycles. The Bertz CT molecular complexity index is 2650. The summed E-state index contributed by atoms with van der Waals surface area (Å²) < 4.78 is 44.7. The molecular formula is C51H64N2O31. The van der Waals surface area contributed by atoms with Crippen LogP contribution in [0.25, 0.3) is 0 Å². The monoisotopic (exact) mass is 1200 g/mol. The number of carbonyl (C=O) groups excluding carboxylic acids is 7. The molecule has 6 rings (SSSR count). The third kappa shape index (κ3) is 17.5. The Kier molecular flexibility index (Phi) is 25.7. The molecule has 33 heteroatoms. The molecule has 2 aromatic carbocycles. The number of alkyl carbamates (subject to hydrolysis) is 1. The maximum atomic E-state index is 14.2. The molecule has 1 fully saturated rings. The number of hydrogen-bond donors (Lipinski definition) is 6. The number of hydrogen-bond acceptors (Lipinski definition) is 31. The summed E-state index contributed by atoms with van der Waals surface area (Å²) in [5, 5.41) is 94.9. The van der Waals surface area contributed by atoms with Crippen LogP contribution >= 0.6 is 0 Å². The third-order valence-corrected chi connectivity index (χ3v) is 13.5. The van der Waals surface area contributed by atoms with Crippen molar-refractivity contribution in [2.24, 2.45) is 5.41 Å². The van der Waals surface area contributed by atoms with E-state index in [4.69, 9.17) is 37.9 Å². The smallest absolute Gasteiger partial charge is 0.407 e. The summed E-state index contributed by atoms with van der Waals surface area (Å²) in [5.74, 6) is -5.77. The number of Topliss-reactive ketones (excluding diaryl/α,β-unsaturated/α-hetero) is 2. The molecule has 6 N–H and O–H groups in total. The summed E-state index contributed by atoms with van der Waals surface area (Å²) in [7, 11) is 4.11. The van der Waals surface area contributed by atoms with Gasteiger partial charge in [-0.15, -0.1) is 0 Å². The molecule has 1 saturated heterocycles. The van der Waals surface area contributed by atoms with Crippen molar-refractivity contribution in [3.05, 3.63) is 76.3 Å². The summed E-state index contributed by atoms with van der Waals surface area (Å²) in [5.41, 5.74) is -6.16. The number of amides is 3. The van der Waals surface area contributed by atoms with Gasteiger partial charge in [0.1, 0.15) is 60.8 Å². The predicted octanol–water partition coefficient (Wildman–Crippen LogP) is 1.33. The van der Waals surface area contributed by atoms with Crippen LogP contribution in [0.2, 0.25) is 0 Å². The Balaban J connectivity index is 1.13. The van der Waals surface area contributed by atoms with Crippen LogP contribution < -0.4 is 10.1 Å². The third-order valence-electron chi connectivity index (χ3n) is 13.5. The second-order valence-corrected chi connectivity index (χ2v) is 19.2. The highest BCUT2D eigenvalue weighted by atomic mass is 17.9. The molecule has 2 aliphatic heterocycles. The van der Waals surface area contributed by atoms with Crippen molar-refractivity contribution in [1.82, 2.24) is 10.2 Å². The number of fused-ring (bicyclic) bond motifs is 3. The van der Waals surface area contributed by atoms with Crippen LogP contribution in [0.1, 0.15) is 101 Å². The Morgan fingerprint density at radius 1 is 0.810 bits per heavy atom. The average Bonchev–Trinajstić information content (AvgIpc) is 0.988. The van der Waals surface area contributed by atoms with Gasteiger partial charge in [-0.3, -0.25) is 33.7 Å². The number of aromatic hydroxyl groups is 2.